The van der Waals surface area contributed by atoms with Crippen LogP contribution in [0.25, 0.3) is 0 Å². The lowest BCUT2D eigenvalue weighted by atomic mass is 10.0. The van der Waals surface area contributed by atoms with Crippen LogP contribution in [-0.4, -0.2) is 12.2 Å². The maximum Gasteiger partial charge on any atom is 0.122 e. The van der Waals surface area contributed by atoms with Gasteiger partial charge in [-0.3, -0.25) is 0 Å². The molecule has 0 fully saturated rings. The lowest BCUT2D eigenvalue weighted by molar-refractivity contribution is 0.407. The quantitative estimate of drug-likeness (QED) is 0.870. The van der Waals surface area contributed by atoms with Gasteiger partial charge in [-0.2, -0.15) is 0 Å². The normalized spacial score (nSPS) is 10.2. The maximum absolute atomic E-state index is 9.54. The average Bonchev–Trinajstić information content (AvgIpc) is 2.37. The highest BCUT2D eigenvalue weighted by Gasteiger charge is 2.01. The van der Waals surface area contributed by atoms with Gasteiger partial charge in [-0.25, -0.2) is 0 Å². The summed E-state index contributed by atoms with van der Waals surface area (Å²) in [5.74, 6) is 0.959. The van der Waals surface area contributed by atoms with Gasteiger partial charge in [0.25, 0.3) is 0 Å². The van der Waals surface area contributed by atoms with Crippen LogP contribution in [0.2, 0.25) is 0 Å². The van der Waals surface area contributed by atoms with Gasteiger partial charge in [-0.05, 0) is 36.1 Å². The van der Waals surface area contributed by atoms with E-state index in [-0.39, 0.29) is 5.75 Å². The topological polar surface area (TPSA) is 29.5 Å². The smallest absolute Gasteiger partial charge is 0.122 e. The van der Waals surface area contributed by atoms with Gasteiger partial charge in [0.1, 0.15) is 11.5 Å². The summed E-state index contributed by atoms with van der Waals surface area (Å²) >= 11 is 0. The van der Waals surface area contributed by atoms with Crippen LogP contribution in [-0.2, 0) is 12.8 Å². The van der Waals surface area contributed by atoms with Crippen LogP contribution in [0.15, 0.2) is 48.5 Å². The molecule has 0 aliphatic carbocycles. The van der Waals surface area contributed by atoms with Gasteiger partial charge in [0.05, 0.1) is 7.11 Å². The predicted molar refractivity (Wildman–Crippen MR) is 68.5 cm³/mol. The first-order valence-electron chi connectivity index (χ1n) is 5.69. The number of aromatic hydroxyl groups is 1. The molecule has 0 saturated heterocycles. The SMILES string of the molecule is COc1cc(O)cc(CCc2ccccc2)c1. The minimum absolute atomic E-state index is 0.257. The van der Waals surface area contributed by atoms with E-state index in [1.54, 1.807) is 19.2 Å². The standard InChI is InChI=1S/C15H16O2/c1-17-15-10-13(9-14(16)11-15)8-7-12-5-3-2-4-6-12/h2-6,9-11,16H,7-8H2,1H3. The zero-order valence-electron chi connectivity index (χ0n) is 9.89. The monoisotopic (exact) mass is 228 g/mol. The van der Waals surface area contributed by atoms with E-state index in [1.165, 1.54) is 5.56 Å². The Labute approximate surface area is 101 Å². The second kappa shape index (κ2) is 5.39. The molecule has 0 aliphatic rings. The molecule has 0 atom stereocenters. The van der Waals surface area contributed by atoms with Gasteiger partial charge >= 0.3 is 0 Å². The number of ether oxygens (including phenoxy) is 1. The molecule has 88 valence electrons. The Morgan fingerprint density at radius 2 is 1.65 bits per heavy atom. The first kappa shape index (κ1) is 11.5. The highest BCUT2D eigenvalue weighted by molar-refractivity contribution is 5.38. The first-order chi connectivity index (χ1) is 8.28. The first-order valence-corrected chi connectivity index (χ1v) is 5.69. The minimum atomic E-state index is 0.257. The third-order valence-corrected chi connectivity index (χ3v) is 2.73. The second-order valence-electron chi connectivity index (χ2n) is 4.02. The van der Waals surface area contributed by atoms with E-state index in [2.05, 4.69) is 12.1 Å². The average molecular weight is 228 g/mol. The number of methoxy groups -OCH3 is 1. The molecular weight excluding hydrogens is 212 g/mol. The van der Waals surface area contributed by atoms with Crippen molar-refractivity contribution in [2.75, 3.05) is 7.11 Å². The number of rotatable bonds is 4. The van der Waals surface area contributed by atoms with E-state index in [9.17, 15) is 5.11 Å². The number of phenolic OH excluding ortho intramolecular Hbond substituents is 1. The van der Waals surface area contributed by atoms with E-state index in [0.29, 0.717) is 5.75 Å². The van der Waals surface area contributed by atoms with Crippen molar-refractivity contribution in [2.24, 2.45) is 0 Å². The van der Waals surface area contributed by atoms with Crippen LogP contribution in [0.1, 0.15) is 11.1 Å². The van der Waals surface area contributed by atoms with Crippen LogP contribution in [0, 0.1) is 0 Å². The molecule has 2 heteroatoms. The highest BCUT2D eigenvalue weighted by atomic mass is 16.5. The summed E-state index contributed by atoms with van der Waals surface area (Å²) in [7, 11) is 1.61. The zero-order valence-corrected chi connectivity index (χ0v) is 9.89. The molecule has 2 nitrogen and oxygen atoms in total. The summed E-state index contributed by atoms with van der Waals surface area (Å²) in [6.45, 7) is 0. The third kappa shape index (κ3) is 3.25. The summed E-state index contributed by atoms with van der Waals surface area (Å²) in [5, 5.41) is 9.54. The van der Waals surface area contributed by atoms with Gasteiger partial charge in [0.2, 0.25) is 0 Å². The van der Waals surface area contributed by atoms with Crippen molar-refractivity contribution in [3.8, 4) is 11.5 Å². The molecule has 0 aliphatic heterocycles. The van der Waals surface area contributed by atoms with Crippen molar-refractivity contribution < 1.29 is 9.84 Å². The molecule has 2 aromatic rings. The van der Waals surface area contributed by atoms with Gasteiger partial charge < -0.3 is 9.84 Å². The lowest BCUT2D eigenvalue weighted by Crippen LogP contribution is -1.92. The highest BCUT2D eigenvalue weighted by Crippen LogP contribution is 2.22. The third-order valence-electron chi connectivity index (χ3n) is 2.73. The molecule has 2 rings (SSSR count). The molecule has 2 aromatic carbocycles. The van der Waals surface area contributed by atoms with Crippen molar-refractivity contribution >= 4 is 0 Å². The zero-order chi connectivity index (χ0) is 12.1. The molecule has 0 unspecified atom stereocenters. The van der Waals surface area contributed by atoms with E-state index in [0.717, 1.165) is 18.4 Å². The van der Waals surface area contributed by atoms with Gasteiger partial charge in [0.15, 0.2) is 0 Å². The van der Waals surface area contributed by atoms with Crippen LogP contribution in [0.5, 0.6) is 11.5 Å². The molecule has 0 heterocycles. The van der Waals surface area contributed by atoms with Crippen molar-refractivity contribution in [2.45, 2.75) is 12.8 Å². The Kier molecular flexibility index (Phi) is 3.66. The fourth-order valence-electron chi connectivity index (χ4n) is 1.84. The van der Waals surface area contributed by atoms with Gasteiger partial charge in [-0.1, -0.05) is 30.3 Å². The second-order valence-corrected chi connectivity index (χ2v) is 4.02. The van der Waals surface area contributed by atoms with Crippen molar-refractivity contribution in [3.63, 3.8) is 0 Å². The molecule has 0 amide bonds. The minimum Gasteiger partial charge on any atom is -0.508 e. The summed E-state index contributed by atoms with van der Waals surface area (Å²) in [5.41, 5.74) is 2.39. The molecular formula is C15H16O2. The Morgan fingerprint density at radius 1 is 0.941 bits per heavy atom. The van der Waals surface area contributed by atoms with E-state index in [1.807, 2.05) is 24.3 Å². The molecule has 0 radical (unpaired) electrons. The number of hydrogen-bond acceptors (Lipinski definition) is 2. The summed E-state index contributed by atoms with van der Waals surface area (Å²) in [4.78, 5) is 0. The van der Waals surface area contributed by atoms with E-state index in [4.69, 9.17) is 4.74 Å². The Balaban J connectivity index is 2.06. The predicted octanol–water partition coefficient (Wildman–Crippen LogP) is 3.19. The molecule has 0 spiro atoms. The molecule has 0 aromatic heterocycles. The molecule has 0 saturated carbocycles. The number of hydrogen-bond donors (Lipinski definition) is 1. The maximum atomic E-state index is 9.54. The number of benzene rings is 2. The Hall–Kier alpha value is -1.96. The largest absolute Gasteiger partial charge is 0.508 e. The van der Waals surface area contributed by atoms with E-state index >= 15 is 0 Å². The summed E-state index contributed by atoms with van der Waals surface area (Å²) < 4.78 is 5.13. The molecule has 0 bridgehead atoms. The fourth-order valence-corrected chi connectivity index (χ4v) is 1.84. The Morgan fingerprint density at radius 3 is 2.35 bits per heavy atom. The van der Waals surface area contributed by atoms with Crippen LogP contribution in [0.3, 0.4) is 0 Å². The van der Waals surface area contributed by atoms with E-state index < -0.39 is 0 Å². The number of aryl methyl sites for hydroxylation is 2. The summed E-state index contributed by atoms with van der Waals surface area (Å²) in [6.07, 6.45) is 1.86. The fraction of sp³-hybridized carbons (Fsp3) is 0.200. The van der Waals surface area contributed by atoms with Gasteiger partial charge in [-0.15, -0.1) is 0 Å². The molecule has 17 heavy (non-hydrogen) atoms. The van der Waals surface area contributed by atoms with Crippen LogP contribution in [0.4, 0.5) is 0 Å². The van der Waals surface area contributed by atoms with Crippen LogP contribution < -0.4 is 4.74 Å². The van der Waals surface area contributed by atoms with Gasteiger partial charge in [0, 0.05) is 6.07 Å². The number of phenols is 1. The van der Waals surface area contributed by atoms with Crippen LogP contribution >= 0.6 is 0 Å². The molecule has 1 N–H and O–H groups in total. The van der Waals surface area contributed by atoms with Crippen molar-refractivity contribution in [1.29, 1.82) is 0 Å². The summed E-state index contributed by atoms with van der Waals surface area (Å²) in [6, 6.07) is 15.7. The lowest BCUT2D eigenvalue weighted by Gasteiger charge is -2.06. The Bertz CT molecular complexity index is 478. The van der Waals surface area contributed by atoms with Crippen molar-refractivity contribution in [3.05, 3.63) is 59.7 Å². The van der Waals surface area contributed by atoms with Crippen molar-refractivity contribution in [1.82, 2.24) is 0 Å².